The first kappa shape index (κ1) is 31.5. The van der Waals surface area contributed by atoms with Gasteiger partial charge in [-0.3, -0.25) is 13.9 Å². The van der Waals surface area contributed by atoms with Crippen LogP contribution in [0.25, 0.3) is 0 Å². The normalized spacial score (nSPS) is 11.9. The minimum Gasteiger partial charge on any atom is -0.493 e. The van der Waals surface area contributed by atoms with E-state index >= 15 is 0 Å². The van der Waals surface area contributed by atoms with Gasteiger partial charge in [0.1, 0.15) is 12.6 Å². The van der Waals surface area contributed by atoms with Crippen LogP contribution in [0.3, 0.4) is 0 Å². The lowest BCUT2D eigenvalue weighted by Crippen LogP contribution is -2.51. The first-order valence-electron chi connectivity index (χ1n) is 13.4. The van der Waals surface area contributed by atoms with Crippen molar-refractivity contribution >= 4 is 27.5 Å². The molecule has 0 aliphatic rings. The van der Waals surface area contributed by atoms with Crippen molar-refractivity contribution in [1.29, 1.82) is 0 Å². The van der Waals surface area contributed by atoms with Crippen molar-refractivity contribution < 1.29 is 27.5 Å². The summed E-state index contributed by atoms with van der Waals surface area (Å²) in [6.45, 7) is 9.14. The highest BCUT2D eigenvalue weighted by atomic mass is 32.2. The maximum Gasteiger partial charge on any atom is 0.264 e. The fourth-order valence-electron chi connectivity index (χ4n) is 4.52. The van der Waals surface area contributed by atoms with Gasteiger partial charge in [0.25, 0.3) is 10.0 Å². The highest BCUT2D eigenvalue weighted by Crippen LogP contribution is 2.33. The van der Waals surface area contributed by atoms with Crippen LogP contribution in [-0.4, -0.2) is 58.5 Å². The average molecular weight is 582 g/mol. The van der Waals surface area contributed by atoms with Crippen LogP contribution in [0.1, 0.15) is 36.1 Å². The van der Waals surface area contributed by atoms with E-state index in [4.69, 9.17) is 9.47 Å². The van der Waals surface area contributed by atoms with Crippen LogP contribution in [0.4, 0.5) is 5.69 Å². The number of amides is 2. The first-order chi connectivity index (χ1) is 19.4. The van der Waals surface area contributed by atoms with Gasteiger partial charge < -0.3 is 19.7 Å². The predicted octanol–water partition coefficient (Wildman–Crippen LogP) is 4.38. The number of nitrogens with zero attached hydrogens (tertiary/aromatic N) is 2. The maximum absolute atomic E-state index is 14.2. The zero-order valence-electron chi connectivity index (χ0n) is 24.7. The van der Waals surface area contributed by atoms with Crippen LogP contribution in [0.2, 0.25) is 0 Å². The largest absolute Gasteiger partial charge is 0.493 e. The van der Waals surface area contributed by atoms with E-state index in [2.05, 4.69) is 5.32 Å². The zero-order chi connectivity index (χ0) is 30.3. The van der Waals surface area contributed by atoms with Crippen molar-refractivity contribution in [2.75, 3.05) is 31.6 Å². The molecule has 0 fully saturated rings. The number of hydrogen-bond acceptors (Lipinski definition) is 6. The van der Waals surface area contributed by atoms with Crippen molar-refractivity contribution in [3.63, 3.8) is 0 Å². The van der Waals surface area contributed by atoms with Gasteiger partial charge in [-0.15, -0.1) is 0 Å². The molecular weight excluding hydrogens is 542 g/mol. The van der Waals surface area contributed by atoms with Gasteiger partial charge in [0.15, 0.2) is 11.5 Å². The standard InChI is InChI=1S/C31H39N3O6S/c1-8-32-31(36)24(5)33(19-25-11-9-21(2)10-12-25)30(35)20-34(26-16-22(3)15-23(4)17-26)41(37,38)27-13-14-28(39-6)29(18-27)40-7/h9-18,24H,8,19-20H2,1-7H3,(H,32,36). The Morgan fingerprint density at radius 1 is 0.854 bits per heavy atom. The number of anilines is 1. The van der Waals surface area contributed by atoms with E-state index in [0.29, 0.717) is 18.0 Å². The number of benzene rings is 3. The number of aryl methyl sites for hydroxylation is 3. The summed E-state index contributed by atoms with van der Waals surface area (Å²) >= 11 is 0. The number of hydrogen-bond donors (Lipinski definition) is 1. The minimum atomic E-state index is -4.26. The summed E-state index contributed by atoms with van der Waals surface area (Å²) in [5.41, 5.74) is 3.90. The summed E-state index contributed by atoms with van der Waals surface area (Å²) in [7, 11) is -1.37. The Morgan fingerprint density at radius 2 is 1.46 bits per heavy atom. The predicted molar refractivity (Wildman–Crippen MR) is 160 cm³/mol. The Kier molecular flexibility index (Phi) is 10.4. The van der Waals surface area contributed by atoms with Crippen LogP contribution >= 0.6 is 0 Å². The summed E-state index contributed by atoms with van der Waals surface area (Å²) in [6.07, 6.45) is 0. The third-order valence-corrected chi connectivity index (χ3v) is 8.48. The summed E-state index contributed by atoms with van der Waals surface area (Å²) < 4.78 is 40.0. The SMILES string of the molecule is CCNC(=O)C(C)N(Cc1ccc(C)cc1)C(=O)CN(c1cc(C)cc(C)c1)S(=O)(=O)c1ccc(OC)c(OC)c1. The van der Waals surface area contributed by atoms with E-state index < -0.39 is 28.5 Å². The van der Waals surface area contributed by atoms with Gasteiger partial charge in [-0.05, 0) is 75.6 Å². The Hall–Kier alpha value is -4.05. The van der Waals surface area contributed by atoms with E-state index in [1.54, 1.807) is 26.0 Å². The molecule has 3 aromatic carbocycles. The van der Waals surface area contributed by atoms with Gasteiger partial charge in [0.05, 0.1) is 24.8 Å². The summed E-state index contributed by atoms with van der Waals surface area (Å²) in [4.78, 5) is 28.2. The molecule has 1 unspecified atom stereocenters. The molecule has 2 amide bonds. The fraction of sp³-hybridized carbons (Fsp3) is 0.355. The lowest BCUT2D eigenvalue weighted by molar-refractivity contribution is -0.139. The molecule has 10 heteroatoms. The molecule has 0 spiro atoms. The molecule has 41 heavy (non-hydrogen) atoms. The Bertz CT molecular complexity index is 1470. The number of sulfonamides is 1. The number of methoxy groups -OCH3 is 2. The fourth-order valence-corrected chi connectivity index (χ4v) is 5.94. The summed E-state index contributed by atoms with van der Waals surface area (Å²) in [5, 5.41) is 2.76. The molecule has 0 heterocycles. The molecule has 0 saturated carbocycles. The van der Waals surface area contributed by atoms with Crippen molar-refractivity contribution in [2.24, 2.45) is 0 Å². The zero-order valence-corrected chi connectivity index (χ0v) is 25.5. The van der Waals surface area contributed by atoms with E-state index in [0.717, 1.165) is 26.6 Å². The van der Waals surface area contributed by atoms with E-state index in [9.17, 15) is 18.0 Å². The number of nitrogens with one attached hydrogen (secondary N) is 1. The van der Waals surface area contributed by atoms with Gasteiger partial charge in [-0.25, -0.2) is 8.42 Å². The van der Waals surface area contributed by atoms with Crippen LogP contribution in [0.15, 0.2) is 65.6 Å². The molecule has 220 valence electrons. The van der Waals surface area contributed by atoms with Gasteiger partial charge in [0.2, 0.25) is 11.8 Å². The van der Waals surface area contributed by atoms with E-state index in [1.807, 2.05) is 51.1 Å². The molecule has 0 bridgehead atoms. The third kappa shape index (κ3) is 7.58. The van der Waals surface area contributed by atoms with Crippen LogP contribution in [0, 0.1) is 20.8 Å². The molecule has 3 rings (SSSR count). The topological polar surface area (TPSA) is 105 Å². The average Bonchev–Trinajstić information content (AvgIpc) is 2.94. The minimum absolute atomic E-state index is 0.0658. The smallest absolute Gasteiger partial charge is 0.264 e. The van der Waals surface area contributed by atoms with Gasteiger partial charge >= 0.3 is 0 Å². The van der Waals surface area contributed by atoms with Crippen molar-refractivity contribution in [3.8, 4) is 11.5 Å². The molecule has 0 aliphatic carbocycles. The second-order valence-corrected chi connectivity index (χ2v) is 11.8. The second-order valence-electron chi connectivity index (χ2n) is 9.95. The number of ether oxygens (including phenoxy) is 2. The number of rotatable bonds is 12. The molecule has 0 saturated heterocycles. The molecule has 3 aromatic rings. The quantitative estimate of drug-likeness (QED) is 0.341. The molecule has 0 aromatic heterocycles. The van der Waals surface area contributed by atoms with Crippen LogP contribution in [-0.2, 0) is 26.2 Å². The van der Waals surface area contributed by atoms with Crippen molar-refractivity contribution in [2.45, 2.75) is 52.1 Å². The Balaban J connectivity index is 2.10. The number of carbonyl (C=O) groups is 2. The monoisotopic (exact) mass is 581 g/mol. The number of likely N-dealkylation sites (N-methyl/N-ethyl adjacent to an activating group) is 1. The summed E-state index contributed by atoms with van der Waals surface area (Å²) in [5.74, 6) is -0.229. The molecule has 0 radical (unpaired) electrons. The molecular formula is C31H39N3O6S. The first-order valence-corrected chi connectivity index (χ1v) is 14.8. The second kappa shape index (κ2) is 13.5. The summed E-state index contributed by atoms with van der Waals surface area (Å²) in [6, 6.07) is 16.5. The third-order valence-electron chi connectivity index (χ3n) is 6.71. The molecule has 1 N–H and O–H groups in total. The van der Waals surface area contributed by atoms with Crippen molar-refractivity contribution in [1.82, 2.24) is 10.2 Å². The van der Waals surface area contributed by atoms with Crippen LogP contribution < -0.4 is 19.1 Å². The lowest BCUT2D eigenvalue weighted by Gasteiger charge is -2.32. The van der Waals surface area contributed by atoms with Gasteiger partial charge in [-0.1, -0.05) is 35.9 Å². The molecule has 1 atom stereocenters. The van der Waals surface area contributed by atoms with E-state index in [-0.39, 0.29) is 23.1 Å². The maximum atomic E-state index is 14.2. The van der Waals surface area contributed by atoms with Gasteiger partial charge in [-0.2, -0.15) is 0 Å². The Morgan fingerprint density at radius 3 is 2.02 bits per heavy atom. The Labute approximate surface area is 243 Å². The molecule has 0 aliphatic heterocycles. The van der Waals surface area contributed by atoms with E-state index in [1.165, 1.54) is 37.3 Å². The number of carbonyl (C=O) groups excluding carboxylic acids is 2. The van der Waals surface area contributed by atoms with Gasteiger partial charge in [0, 0.05) is 19.2 Å². The highest BCUT2D eigenvalue weighted by molar-refractivity contribution is 7.92. The van der Waals surface area contributed by atoms with Crippen molar-refractivity contribution in [3.05, 3.63) is 82.9 Å². The lowest BCUT2D eigenvalue weighted by atomic mass is 10.1. The molecule has 9 nitrogen and oxygen atoms in total. The highest BCUT2D eigenvalue weighted by Gasteiger charge is 2.33. The van der Waals surface area contributed by atoms with Crippen LogP contribution in [0.5, 0.6) is 11.5 Å².